The van der Waals surface area contributed by atoms with E-state index in [4.69, 9.17) is 0 Å². The van der Waals surface area contributed by atoms with E-state index in [-0.39, 0.29) is 34.4 Å². The molecule has 19 heavy (non-hydrogen) atoms. The van der Waals surface area contributed by atoms with E-state index in [9.17, 15) is 19.6 Å². The maximum atomic E-state index is 13.4. The summed E-state index contributed by atoms with van der Waals surface area (Å²) < 4.78 is 13.5. The highest BCUT2D eigenvalue weighted by molar-refractivity contribution is 9.10. The van der Waals surface area contributed by atoms with Crippen LogP contribution in [-0.4, -0.2) is 22.7 Å². The van der Waals surface area contributed by atoms with E-state index in [1.165, 1.54) is 6.07 Å². The Kier molecular flexibility index (Phi) is 4.36. The van der Waals surface area contributed by atoms with Gasteiger partial charge in [0.2, 0.25) is 0 Å². The third kappa shape index (κ3) is 3.03. The van der Waals surface area contributed by atoms with Crippen LogP contribution >= 0.6 is 15.9 Å². The predicted molar refractivity (Wildman–Crippen MR) is 72.6 cm³/mol. The first kappa shape index (κ1) is 14.2. The van der Waals surface area contributed by atoms with Gasteiger partial charge in [-0.05, 0) is 34.8 Å². The second kappa shape index (κ2) is 5.83. The van der Waals surface area contributed by atoms with Crippen molar-refractivity contribution in [2.24, 2.45) is 5.92 Å². The van der Waals surface area contributed by atoms with E-state index in [0.717, 1.165) is 25.3 Å². The van der Waals surface area contributed by atoms with Gasteiger partial charge in [-0.2, -0.15) is 0 Å². The lowest BCUT2D eigenvalue weighted by Gasteiger charge is -2.20. The Morgan fingerprint density at radius 3 is 2.89 bits per heavy atom. The lowest BCUT2D eigenvalue weighted by atomic mass is 10.0. The maximum absolute atomic E-state index is 13.4. The molecule has 1 aliphatic carbocycles. The van der Waals surface area contributed by atoms with Crippen LogP contribution in [0.4, 0.5) is 15.8 Å². The van der Waals surface area contributed by atoms with E-state index < -0.39 is 10.7 Å². The molecule has 2 atom stereocenters. The largest absolute Gasteiger partial charge is 0.396 e. The average molecular weight is 333 g/mol. The lowest BCUT2D eigenvalue weighted by Crippen LogP contribution is -2.26. The number of nitro benzene ring substituents is 1. The summed E-state index contributed by atoms with van der Waals surface area (Å²) in [5.41, 5.74) is -0.00656. The highest BCUT2D eigenvalue weighted by Gasteiger charge is 2.29. The summed E-state index contributed by atoms with van der Waals surface area (Å²) >= 11 is 3.02. The lowest BCUT2D eigenvalue weighted by molar-refractivity contribution is -0.384. The molecule has 0 aromatic heterocycles. The molecule has 2 unspecified atom stereocenters. The van der Waals surface area contributed by atoms with Crippen LogP contribution in [0.5, 0.6) is 0 Å². The Labute approximate surface area is 118 Å². The standard InChI is InChI=1S/C12H14BrFN2O3/c13-8-4-11(12(16(18)19)5-9(8)14)15-10-3-1-2-7(10)6-17/h4-5,7,10,15,17H,1-3,6H2. The summed E-state index contributed by atoms with van der Waals surface area (Å²) in [5.74, 6) is -0.578. The highest BCUT2D eigenvalue weighted by atomic mass is 79.9. The van der Waals surface area contributed by atoms with Crippen molar-refractivity contribution in [1.29, 1.82) is 0 Å². The molecule has 7 heteroatoms. The zero-order chi connectivity index (χ0) is 14.0. The third-order valence-electron chi connectivity index (χ3n) is 3.47. The van der Waals surface area contributed by atoms with Crippen LogP contribution in [0.25, 0.3) is 0 Å². The Bertz CT molecular complexity index is 498. The van der Waals surface area contributed by atoms with Gasteiger partial charge in [0.25, 0.3) is 5.69 Å². The van der Waals surface area contributed by atoms with Gasteiger partial charge in [0.15, 0.2) is 0 Å². The van der Waals surface area contributed by atoms with Gasteiger partial charge in [-0.3, -0.25) is 10.1 Å². The van der Waals surface area contributed by atoms with Gasteiger partial charge in [0.05, 0.1) is 15.5 Å². The van der Waals surface area contributed by atoms with Crippen molar-refractivity contribution in [2.75, 3.05) is 11.9 Å². The summed E-state index contributed by atoms with van der Waals surface area (Å²) in [7, 11) is 0. The first-order chi connectivity index (χ1) is 9.02. The van der Waals surface area contributed by atoms with E-state index >= 15 is 0 Å². The van der Waals surface area contributed by atoms with Gasteiger partial charge in [-0.25, -0.2) is 4.39 Å². The highest BCUT2D eigenvalue weighted by Crippen LogP contribution is 2.34. The second-order valence-corrected chi connectivity index (χ2v) is 5.52. The number of hydrogen-bond acceptors (Lipinski definition) is 4. The van der Waals surface area contributed by atoms with E-state index in [1.807, 2.05) is 0 Å². The molecule has 1 aliphatic rings. The topological polar surface area (TPSA) is 75.4 Å². The van der Waals surface area contributed by atoms with Crippen LogP contribution in [0.3, 0.4) is 0 Å². The van der Waals surface area contributed by atoms with Gasteiger partial charge in [-0.15, -0.1) is 0 Å². The summed E-state index contributed by atoms with van der Waals surface area (Å²) in [5, 5.41) is 23.3. The molecule has 0 aliphatic heterocycles. The van der Waals surface area contributed by atoms with Crippen molar-refractivity contribution >= 4 is 27.3 Å². The van der Waals surface area contributed by atoms with Crippen LogP contribution in [-0.2, 0) is 0 Å². The molecule has 0 bridgehead atoms. The molecule has 0 radical (unpaired) electrons. The zero-order valence-electron chi connectivity index (χ0n) is 10.1. The minimum Gasteiger partial charge on any atom is -0.396 e. The number of nitrogens with zero attached hydrogens (tertiary/aromatic N) is 1. The molecular weight excluding hydrogens is 319 g/mol. The summed E-state index contributed by atoms with van der Waals surface area (Å²) in [6.45, 7) is 0.0494. The quantitative estimate of drug-likeness (QED) is 0.656. The molecule has 0 heterocycles. The van der Waals surface area contributed by atoms with Crippen LogP contribution in [0.1, 0.15) is 19.3 Å². The Morgan fingerprint density at radius 2 is 2.26 bits per heavy atom. The molecule has 2 rings (SSSR count). The molecule has 1 aromatic carbocycles. The number of hydrogen-bond donors (Lipinski definition) is 2. The minimum atomic E-state index is -0.664. The number of nitrogens with one attached hydrogen (secondary N) is 1. The predicted octanol–water partition coefficient (Wildman–Crippen LogP) is 3.07. The number of halogens is 2. The van der Waals surface area contributed by atoms with E-state index in [1.54, 1.807) is 0 Å². The smallest absolute Gasteiger partial charge is 0.295 e. The fourth-order valence-electron chi connectivity index (χ4n) is 2.45. The van der Waals surface area contributed by atoms with Crippen LogP contribution in [0.15, 0.2) is 16.6 Å². The number of anilines is 1. The Balaban J connectivity index is 2.28. The molecule has 2 N–H and O–H groups in total. The molecule has 0 saturated heterocycles. The van der Waals surface area contributed by atoms with Gasteiger partial charge in [-0.1, -0.05) is 6.42 Å². The first-order valence-electron chi connectivity index (χ1n) is 6.03. The van der Waals surface area contributed by atoms with Gasteiger partial charge >= 0.3 is 0 Å². The summed E-state index contributed by atoms with van der Waals surface area (Å²) in [4.78, 5) is 10.3. The molecule has 5 nitrogen and oxygen atoms in total. The molecule has 0 spiro atoms. The molecule has 0 amide bonds. The van der Waals surface area contributed by atoms with Crippen LogP contribution < -0.4 is 5.32 Å². The average Bonchev–Trinajstić information content (AvgIpc) is 2.80. The molecule has 1 fully saturated rings. The normalized spacial score (nSPS) is 22.5. The molecule has 1 saturated carbocycles. The van der Waals surface area contributed by atoms with Crippen molar-refractivity contribution in [3.63, 3.8) is 0 Å². The molecular formula is C12H14BrFN2O3. The summed E-state index contributed by atoms with van der Waals surface area (Å²) in [6.07, 6.45) is 2.71. The fraction of sp³-hybridized carbons (Fsp3) is 0.500. The fourth-order valence-corrected chi connectivity index (χ4v) is 2.79. The Hall–Kier alpha value is -1.21. The van der Waals surface area contributed by atoms with Gasteiger partial charge in [0.1, 0.15) is 11.5 Å². The van der Waals surface area contributed by atoms with Crippen molar-refractivity contribution < 1.29 is 14.4 Å². The van der Waals surface area contributed by atoms with Crippen molar-refractivity contribution in [3.8, 4) is 0 Å². The van der Waals surface area contributed by atoms with Gasteiger partial charge < -0.3 is 10.4 Å². The van der Waals surface area contributed by atoms with Crippen molar-refractivity contribution in [2.45, 2.75) is 25.3 Å². The van der Waals surface area contributed by atoms with Crippen molar-refractivity contribution in [1.82, 2.24) is 0 Å². The van der Waals surface area contributed by atoms with Crippen LogP contribution in [0, 0.1) is 21.8 Å². The molecule has 1 aromatic rings. The number of nitro groups is 1. The monoisotopic (exact) mass is 332 g/mol. The molecule has 104 valence electrons. The third-order valence-corrected chi connectivity index (χ3v) is 4.08. The summed E-state index contributed by atoms with van der Waals surface area (Å²) in [6, 6.07) is 2.26. The SMILES string of the molecule is O=[N+]([O-])c1cc(F)c(Br)cc1NC1CCCC1CO. The number of benzene rings is 1. The Morgan fingerprint density at radius 1 is 1.53 bits per heavy atom. The number of aliphatic hydroxyl groups is 1. The zero-order valence-corrected chi connectivity index (χ0v) is 11.7. The maximum Gasteiger partial charge on any atom is 0.295 e. The first-order valence-corrected chi connectivity index (χ1v) is 6.83. The van der Waals surface area contributed by atoms with Crippen molar-refractivity contribution in [3.05, 3.63) is 32.5 Å². The minimum absolute atomic E-state index is 0.0129. The second-order valence-electron chi connectivity index (χ2n) is 4.66. The number of rotatable bonds is 4. The van der Waals surface area contributed by atoms with E-state index in [0.29, 0.717) is 0 Å². The van der Waals surface area contributed by atoms with Gasteiger partial charge in [0, 0.05) is 18.6 Å². The number of aliphatic hydroxyl groups excluding tert-OH is 1. The van der Waals surface area contributed by atoms with E-state index in [2.05, 4.69) is 21.2 Å². The van der Waals surface area contributed by atoms with Crippen LogP contribution in [0.2, 0.25) is 0 Å².